The highest BCUT2D eigenvalue weighted by atomic mass is 35.5. The molecule has 0 saturated carbocycles. The third-order valence-electron chi connectivity index (χ3n) is 2.44. The summed E-state index contributed by atoms with van der Waals surface area (Å²) >= 11 is 11.5. The van der Waals surface area contributed by atoms with E-state index in [1.54, 1.807) is 0 Å². The monoisotopic (exact) mass is 311 g/mol. The Hall–Kier alpha value is -0.330. The SMILES string of the molecule is CCC(CCO)NS(=O)(=O)c1cc(Cl)cc(Cl)c1. The Morgan fingerprint density at radius 1 is 1.28 bits per heavy atom. The van der Waals surface area contributed by atoms with E-state index in [1.807, 2.05) is 6.92 Å². The molecule has 1 aromatic rings. The lowest BCUT2D eigenvalue weighted by Gasteiger charge is -2.16. The predicted octanol–water partition coefficient (Wildman–Crippen LogP) is 2.43. The van der Waals surface area contributed by atoms with Gasteiger partial charge in [-0.3, -0.25) is 0 Å². The maximum Gasteiger partial charge on any atom is 0.240 e. The number of hydrogen-bond donors (Lipinski definition) is 2. The molecule has 1 unspecified atom stereocenters. The summed E-state index contributed by atoms with van der Waals surface area (Å²) in [6.45, 7) is 1.77. The van der Waals surface area contributed by atoms with E-state index in [0.717, 1.165) is 0 Å². The zero-order valence-corrected chi connectivity index (χ0v) is 12.2. The second-order valence-corrected chi connectivity index (χ2v) is 6.43. The second kappa shape index (κ2) is 6.73. The van der Waals surface area contributed by atoms with Gasteiger partial charge in [-0.25, -0.2) is 13.1 Å². The number of aliphatic hydroxyl groups excluding tert-OH is 1. The molecule has 0 bridgehead atoms. The van der Waals surface area contributed by atoms with Crippen molar-refractivity contribution in [3.05, 3.63) is 28.2 Å². The fourth-order valence-corrected chi connectivity index (χ4v) is 3.55. The van der Waals surface area contributed by atoms with Gasteiger partial charge in [-0.15, -0.1) is 0 Å². The van der Waals surface area contributed by atoms with Gasteiger partial charge in [0, 0.05) is 22.7 Å². The topological polar surface area (TPSA) is 66.4 Å². The Morgan fingerprint density at radius 3 is 2.28 bits per heavy atom. The van der Waals surface area contributed by atoms with Crippen molar-refractivity contribution in [2.75, 3.05) is 6.61 Å². The molecule has 0 fully saturated rings. The third kappa shape index (κ3) is 4.40. The highest BCUT2D eigenvalue weighted by molar-refractivity contribution is 7.89. The molecule has 0 heterocycles. The molecule has 0 aromatic heterocycles. The van der Waals surface area contributed by atoms with Gasteiger partial charge in [0.05, 0.1) is 4.90 Å². The van der Waals surface area contributed by atoms with Crippen LogP contribution in [0.5, 0.6) is 0 Å². The first kappa shape index (κ1) is 15.7. The number of sulfonamides is 1. The number of nitrogens with one attached hydrogen (secondary N) is 1. The van der Waals surface area contributed by atoms with Crippen molar-refractivity contribution in [1.82, 2.24) is 4.72 Å². The van der Waals surface area contributed by atoms with Crippen molar-refractivity contribution in [3.63, 3.8) is 0 Å². The van der Waals surface area contributed by atoms with Crippen LogP contribution in [-0.4, -0.2) is 26.2 Å². The normalized spacial score (nSPS) is 13.6. The molecule has 7 heteroatoms. The molecule has 4 nitrogen and oxygen atoms in total. The van der Waals surface area contributed by atoms with Gasteiger partial charge in [-0.2, -0.15) is 0 Å². The number of aliphatic hydroxyl groups is 1. The Labute approximate surface area is 117 Å². The van der Waals surface area contributed by atoms with Crippen LogP contribution in [0, 0.1) is 0 Å². The average Bonchev–Trinajstić information content (AvgIpc) is 2.27. The van der Waals surface area contributed by atoms with Crippen LogP contribution < -0.4 is 4.72 Å². The maximum atomic E-state index is 12.1. The van der Waals surface area contributed by atoms with E-state index in [-0.39, 0.29) is 27.6 Å². The lowest BCUT2D eigenvalue weighted by atomic mass is 10.2. The van der Waals surface area contributed by atoms with Gasteiger partial charge in [0.1, 0.15) is 0 Å². The lowest BCUT2D eigenvalue weighted by Crippen LogP contribution is -2.35. The molecular formula is C11H15Cl2NO3S. The van der Waals surface area contributed by atoms with Gasteiger partial charge in [-0.1, -0.05) is 30.1 Å². The molecule has 0 aliphatic rings. The minimum Gasteiger partial charge on any atom is -0.396 e. The molecular weight excluding hydrogens is 297 g/mol. The van der Waals surface area contributed by atoms with Crippen LogP contribution >= 0.6 is 23.2 Å². The Bertz CT molecular complexity index is 485. The van der Waals surface area contributed by atoms with Crippen molar-refractivity contribution >= 4 is 33.2 Å². The van der Waals surface area contributed by atoms with Crippen molar-refractivity contribution in [2.24, 2.45) is 0 Å². The summed E-state index contributed by atoms with van der Waals surface area (Å²) in [5.74, 6) is 0. The van der Waals surface area contributed by atoms with Gasteiger partial charge in [0.15, 0.2) is 0 Å². The molecule has 0 aliphatic heterocycles. The first-order chi connectivity index (χ1) is 8.39. The first-order valence-corrected chi connectivity index (χ1v) is 7.72. The summed E-state index contributed by atoms with van der Waals surface area (Å²) in [5, 5.41) is 9.37. The molecule has 0 radical (unpaired) electrons. The van der Waals surface area contributed by atoms with Crippen molar-refractivity contribution < 1.29 is 13.5 Å². The minimum absolute atomic E-state index is 0.0244. The van der Waals surface area contributed by atoms with E-state index < -0.39 is 10.0 Å². The van der Waals surface area contributed by atoms with Crippen molar-refractivity contribution in [3.8, 4) is 0 Å². The van der Waals surface area contributed by atoms with Crippen LogP contribution in [0.2, 0.25) is 10.0 Å². The standard InChI is InChI=1S/C11H15Cl2NO3S/c1-2-10(3-4-15)14-18(16,17)11-6-8(12)5-9(13)7-11/h5-7,10,14-15H,2-4H2,1H3. The summed E-state index contributed by atoms with van der Waals surface area (Å²) in [4.78, 5) is 0.0244. The van der Waals surface area contributed by atoms with Crippen molar-refractivity contribution in [2.45, 2.75) is 30.7 Å². The van der Waals surface area contributed by atoms with E-state index in [1.165, 1.54) is 18.2 Å². The summed E-state index contributed by atoms with van der Waals surface area (Å²) < 4.78 is 26.7. The molecule has 18 heavy (non-hydrogen) atoms. The highest BCUT2D eigenvalue weighted by Crippen LogP contribution is 2.22. The van der Waals surface area contributed by atoms with Gasteiger partial charge in [-0.05, 0) is 31.0 Å². The molecule has 0 aliphatic carbocycles. The van der Waals surface area contributed by atoms with E-state index in [9.17, 15) is 8.42 Å². The number of hydrogen-bond acceptors (Lipinski definition) is 3. The van der Waals surface area contributed by atoms with Gasteiger partial charge in [0.2, 0.25) is 10.0 Å². The fourth-order valence-electron chi connectivity index (χ4n) is 1.47. The van der Waals surface area contributed by atoms with E-state index in [2.05, 4.69) is 4.72 Å². The average molecular weight is 312 g/mol. The van der Waals surface area contributed by atoms with Gasteiger partial charge >= 0.3 is 0 Å². The molecule has 1 atom stereocenters. The molecule has 102 valence electrons. The number of rotatable bonds is 6. The Balaban J connectivity index is 2.98. The van der Waals surface area contributed by atoms with E-state index in [0.29, 0.717) is 12.8 Å². The van der Waals surface area contributed by atoms with Crippen LogP contribution in [-0.2, 0) is 10.0 Å². The fraction of sp³-hybridized carbons (Fsp3) is 0.455. The van der Waals surface area contributed by atoms with Gasteiger partial charge < -0.3 is 5.11 Å². The van der Waals surface area contributed by atoms with Crippen LogP contribution in [0.1, 0.15) is 19.8 Å². The number of halogens is 2. The largest absolute Gasteiger partial charge is 0.396 e. The predicted molar refractivity (Wildman–Crippen MR) is 72.6 cm³/mol. The van der Waals surface area contributed by atoms with Crippen LogP contribution in [0.4, 0.5) is 0 Å². The lowest BCUT2D eigenvalue weighted by molar-refractivity contribution is 0.270. The Kier molecular flexibility index (Phi) is 5.88. The van der Waals surface area contributed by atoms with Crippen molar-refractivity contribution in [1.29, 1.82) is 0 Å². The number of benzene rings is 1. The zero-order chi connectivity index (χ0) is 13.8. The summed E-state index contributed by atoms with van der Waals surface area (Å²) in [5.41, 5.74) is 0. The maximum absolute atomic E-state index is 12.1. The molecule has 0 spiro atoms. The van der Waals surface area contributed by atoms with Crippen LogP contribution in [0.15, 0.2) is 23.1 Å². The van der Waals surface area contributed by atoms with E-state index in [4.69, 9.17) is 28.3 Å². The molecule has 2 N–H and O–H groups in total. The summed E-state index contributed by atoms with van der Waals surface area (Å²) in [6.07, 6.45) is 0.956. The van der Waals surface area contributed by atoms with Gasteiger partial charge in [0.25, 0.3) is 0 Å². The summed E-state index contributed by atoms with van der Waals surface area (Å²) in [7, 11) is -3.67. The summed E-state index contributed by atoms with van der Waals surface area (Å²) in [6, 6.07) is 3.83. The zero-order valence-electron chi connectivity index (χ0n) is 9.86. The third-order valence-corrected chi connectivity index (χ3v) is 4.37. The second-order valence-electron chi connectivity index (χ2n) is 3.84. The van der Waals surface area contributed by atoms with Crippen LogP contribution in [0.25, 0.3) is 0 Å². The molecule has 0 saturated heterocycles. The Morgan fingerprint density at radius 2 is 1.83 bits per heavy atom. The highest BCUT2D eigenvalue weighted by Gasteiger charge is 2.19. The van der Waals surface area contributed by atoms with E-state index >= 15 is 0 Å². The first-order valence-electron chi connectivity index (χ1n) is 5.48. The molecule has 0 amide bonds. The minimum atomic E-state index is -3.67. The smallest absolute Gasteiger partial charge is 0.240 e. The quantitative estimate of drug-likeness (QED) is 0.848. The molecule has 1 rings (SSSR count). The molecule has 1 aromatic carbocycles. The van der Waals surface area contributed by atoms with Crippen LogP contribution in [0.3, 0.4) is 0 Å².